The van der Waals surface area contributed by atoms with Crippen molar-refractivity contribution in [3.05, 3.63) is 29.8 Å². The maximum Gasteiger partial charge on any atom is 0.206 e. The molecule has 0 saturated heterocycles. The Labute approximate surface area is 86.5 Å². The van der Waals surface area contributed by atoms with Gasteiger partial charge in [-0.1, -0.05) is 19.1 Å². The number of nitrogens with one attached hydrogen (secondary N) is 1. The molecule has 0 fully saturated rings. The highest BCUT2D eigenvalue weighted by atomic mass is 16.5. The van der Waals surface area contributed by atoms with E-state index in [-0.39, 0.29) is 0 Å². The van der Waals surface area contributed by atoms with Crippen LogP contribution in [0.5, 0.6) is 5.75 Å². The molecule has 1 rings (SSSR count). The number of ether oxygens (including phenoxy) is 1. The van der Waals surface area contributed by atoms with Crippen molar-refractivity contribution < 1.29 is 4.74 Å². The normalized spacial score (nSPS) is 10.5. The Morgan fingerprint density at radius 1 is 1.50 bits per heavy atom. The van der Waals surface area contributed by atoms with Crippen LogP contribution in [-0.2, 0) is 6.54 Å². The van der Waals surface area contributed by atoms with Crippen LogP contribution < -0.4 is 10.2 Å². The third-order valence-electron chi connectivity index (χ3n) is 1.96. The Hall–Kier alpha value is -0.995. The minimum absolute atomic E-state index is 0.710. The molecule has 74 valence electrons. The van der Waals surface area contributed by atoms with Crippen LogP contribution in [0.4, 0.5) is 0 Å². The molecule has 0 amide bonds. The lowest BCUT2D eigenvalue weighted by Gasteiger charge is -2.16. The number of hydrogen-bond acceptors (Lipinski definition) is 3. The van der Waals surface area contributed by atoms with Gasteiger partial charge in [-0.15, -0.1) is 0 Å². The molecule has 0 bridgehead atoms. The molecule has 0 spiro atoms. The first kappa shape index (κ1) is 11.1. The zero-order chi connectivity index (χ0) is 10.4. The van der Waals surface area contributed by atoms with Gasteiger partial charge in [0.1, 0.15) is 5.75 Å². The Morgan fingerprint density at radius 2 is 2.29 bits per heavy atom. The van der Waals surface area contributed by atoms with Crippen molar-refractivity contribution in [2.45, 2.75) is 13.5 Å². The van der Waals surface area contributed by atoms with E-state index in [9.17, 15) is 0 Å². The number of hydrazine groups is 1. The van der Waals surface area contributed by atoms with Crippen molar-refractivity contribution >= 4 is 7.98 Å². The fourth-order valence-corrected chi connectivity index (χ4v) is 1.09. The van der Waals surface area contributed by atoms with Crippen LogP contribution >= 0.6 is 0 Å². The number of benzene rings is 1. The average molecular weight is 190 g/mol. The van der Waals surface area contributed by atoms with Gasteiger partial charge in [-0.05, 0) is 24.2 Å². The molecule has 14 heavy (non-hydrogen) atoms. The summed E-state index contributed by atoms with van der Waals surface area (Å²) in [6.45, 7) is 3.46. The summed E-state index contributed by atoms with van der Waals surface area (Å²) in [6.07, 6.45) is 0. The lowest BCUT2D eigenvalue weighted by atomic mass is 10.2. The topological polar surface area (TPSA) is 24.5 Å². The highest BCUT2D eigenvalue weighted by Gasteiger charge is 1.96. The van der Waals surface area contributed by atoms with Crippen LogP contribution in [0.25, 0.3) is 0 Å². The van der Waals surface area contributed by atoms with Gasteiger partial charge in [0.05, 0.1) is 7.11 Å². The molecule has 1 N–H and O–H groups in total. The van der Waals surface area contributed by atoms with E-state index in [4.69, 9.17) is 12.7 Å². The van der Waals surface area contributed by atoms with Crippen molar-refractivity contribution in [1.29, 1.82) is 0 Å². The van der Waals surface area contributed by atoms with Crippen LogP contribution in [-0.4, -0.2) is 26.6 Å². The van der Waals surface area contributed by atoms with Crippen LogP contribution in [0.2, 0.25) is 0 Å². The molecule has 3 nitrogen and oxygen atoms in total. The molecule has 2 radical (unpaired) electrons. The second kappa shape index (κ2) is 5.68. The van der Waals surface area contributed by atoms with E-state index in [2.05, 4.69) is 5.43 Å². The largest absolute Gasteiger partial charge is 0.497 e. The zero-order valence-corrected chi connectivity index (χ0v) is 8.66. The minimum atomic E-state index is 0.710. The lowest BCUT2D eigenvalue weighted by molar-refractivity contribution is 0.346. The quantitative estimate of drug-likeness (QED) is 0.555. The molecule has 0 heterocycles. The SMILES string of the molecule is [B]N(CC)NCc1cccc(OC)c1. The fourth-order valence-electron chi connectivity index (χ4n) is 1.09. The molecule has 1 aromatic carbocycles. The summed E-state index contributed by atoms with van der Waals surface area (Å²) in [6, 6.07) is 7.89. The van der Waals surface area contributed by atoms with Crippen molar-refractivity contribution in [1.82, 2.24) is 10.3 Å². The van der Waals surface area contributed by atoms with Crippen molar-refractivity contribution in [3.8, 4) is 5.75 Å². The van der Waals surface area contributed by atoms with Gasteiger partial charge in [-0.25, -0.2) is 0 Å². The predicted octanol–water partition coefficient (Wildman–Crippen LogP) is 1.11. The molecule has 0 aromatic heterocycles. The second-order valence-corrected chi connectivity index (χ2v) is 2.97. The number of rotatable bonds is 5. The smallest absolute Gasteiger partial charge is 0.206 e. The summed E-state index contributed by atoms with van der Waals surface area (Å²) in [5.41, 5.74) is 4.20. The summed E-state index contributed by atoms with van der Waals surface area (Å²) in [5, 5.41) is 0. The van der Waals surface area contributed by atoms with Gasteiger partial charge >= 0.3 is 0 Å². The molecule has 0 saturated carbocycles. The Kier molecular flexibility index (Phi) is 4.49. The molecule has 0 aliphatic carbocycles. The number of nitrogens with zero attached hydrogens (tertiary/aromatic N) is 1. The maximum atomic E-state index is 5.58. The summed E-state index contributed by atoms with van der Waals surface area (Å²) < 4.78 is 5.12. The first-order valence-electron chi connectivity index (χ1n) is 4.65. The van der Waals surface area contributed by atoms with E-state index in [0.717, 1.165) is 17.9 Å². The molecule has 0 aliphatic rings. The van der Waals surface area contributed by atoms with Crippen LogP contribution in [0.1, 0.15) is 12.5 Å². The summed E-state index contributed by atoms with van der Waals surface area (Å²) in [7, 11) is 7.24. The number of hydrogen-bond donors (Lipinski definition) is 1. The third-order valence-corrected chi connectivity index (χ3v) is 1.96. The summed E-state index contributed by atoms with van der Waals surface area (Å²) in [5.74, 6) is 0.865. The fraction of sp³-hybridized carbons (Fsp3) is 0.400. The molecule has 1 aromatic rings. The lowest BCUT2D eigenvalue weighted by Crippen LogP contribution is -2.34. The highest BCUT2D eigenvalue weighted by molar-refractivity contribution is 6.03. The van der Waals surface area contributed by atoms with E-state index in [0.29, 0.717) is 6.54 Å². The van der Waals surface area contributed by atoms with Gasteiger partial charge in [0.2, 0.25) is 7.98 Å². The van der Waals surface area contributed by atoms with E-state index in [1.54, 1.807) is 12.0 Å². The first-order valence-corrected chi connectivity index (χ1v) is 4.65. The van der Waals surface area contributed by atoms with E-state index in [1.807, 2.05) is 31.2 Å². The molecule has 0 unspecified atom stereocenters. The van der Waals surface area contributed by atoms with Crippen LogP contribution in [0, 0.1) is 0 Å². The van der Waals surface area contributed by atoms with Gasteiger partial charge in [-0.3, -0.25) is 10.3 Å². The molecule has 4 heteroatoms. The standard InChI is InChI=1S/C10H15BN2O/c1-3-13(11)12-8-9-5-4-6-10(7-9)14-2/h4-7,12H,3,8H2,1-2H3. The van der Waals surface area contributed by atoms with Gasteiger partial charge < -0.3 is 4.74 Å². The molecular formula is C10H15BN2O. The van der Waals surface area contributed by atoms with Gasteiger partial charge in [0.15, 0.2) is 0 Å². The van der Waals surface area contributed by atoms with E-state index in [1.165, 1.54) is 0 Å². The molecule has 0 atom stereocenters. The number of methoxy groups -OCH3 is 1. The van der Waals surface area contributed by atoms with Crippen molar-refractivity contribution in [2.75, 3.05) is 13.7 Å². The Morgan fingerprint density at radius 3 is 2.93 bits per heavy atom. The maximum absolute atomic E-state index is 5.58. The monoisotopic (exact) mass is 190 g/mol. The van der Waals surface area contributed by atoms with Crippen molar-refractivity contribution in [2.24, 2.45) is 0 Å². The van der Waals surface area contributed by atoms with E-state index >= 15 is 0 Å². The van der Waals surface area contributed by atoms with Gasteiger partial charge in [0.25, 0.3) is 0 Å². The van der Waals surface area contributed by atoms with E-state index < -0.39 is 0 Å². The third kappa shape index (κ3) is 3.40. The molecular weight excluding hydrogens is 175 g/mol. The Bertz CT molecular complexity index is 281. The molecule has 0 aliphatic heterocycles. The van der Waals surface area contributed by atoms with Crippen molar-refractivity contribution in [3.63, 3.8) is 0 Å². The zero-order valence-electron chi connectivity index (χ0n) is 8.66. The Balaban J connectivity index is 2.50. The van der Waals surface area contributed by atoms with Crippen LogP contribution in [0.15, 0.2) is 24.3 Å². The highest BCUT2D eigenvalue weighted by Crippen LogP contribution is 2.11. The van der Waals surface area contributed by atoms with Gasteiger partial charge in [0, 0.05) is 6.54 Å². The summed E-state index contributed by atoms with van der Waals surface area (Å²) in [4.78, 5) is 1.56. The summed E-state index contributed by atoms with van der Waals surface area (Å²) >= 11 is 0. The van der Waals surface area contributed by atoms with Crippen LogP contribution in [0.3, 0.4) is 0 Å². The average Bonchev–Trinajstić information content (AvgIpc) is 2.26. The minimum Gasteiger partial charge on any atom is -0.497 e. The van der Waals surface area contributed by atoms with Gasteiger partial charge in [-0.2, -0.15) is 0 Å². The first-order chi connectivity index (χ1) is 6.76. The predicted molar refractivity (Wildman–Crippen MR) is 58.0 cm³/mol. The second-order valence-electron chi connectivity index (χ2n) is 2.97.